The van der Waals surface area contributed by atoms with Gasteiger partial charge in [0.2, 0.25) is 0 Å². The Morgan fingerprint density at radius 1 is 0.971 bits per heavy atom. The molecule has 0 bridgehead atoms. The van der Waals surface area contributed by atoms with Crippen molar-refractivity contribution in [2.24, 2.45) is 0 Å². The number of carbonyl (C=O) groups is 1. The monoisotopic (exact) mass is 478 g/mol. The number of anilines is 2. The van der Waals surface area contributed by atoms with Crippen LogP contribution >= 0.6 is 0 Å². The third-order valence-corrected chi connectivity index (χ3v) is 6.67. The van der Waals surface area contributed by atoms with Crippen LogP contribution in [0.1, 0.15) is 34.9 Å². The maximum absolute atomic E-state index is 13.0. The number of amides is 1. The molecule has 0 spiro atoms. The Hall–Kier alpha value is -4.05. The van der Waals surface area contributed by atoms with E-state index in [0.29, 0.717) is 34.6 Å². The fourth-order valence-corrected chi connectivity index (χ4v) is 4.36. The third kappa shape index (κ3) is 4.81. The van der Waals surface area contributed by atoms with Gasteiger partial charge in [-0.05, 0) is 79.6 Å². The first-order chi connectivity index (χ1) is 16.4. The molecule has 2 N–H and O–H groups in total. The van der Waals surface area contributed by atoms with Gasteiger partial charge in [-0.3, -0.25) is 9.52 Å². The van der Waals surface area contributed by atoms with Crippen LogP contribution in [0, 0.1) is 5.82 Å². The maximum atomic E-state index is 13.0. The van der Waals surface area contributed by atoms with Gasteiger partial charge < -0.3 is 9.84 Å². The average Bonchev–Trinajstić information content (AvgIpc) is 3.56. The van der Waals surface area contributed by atoms with Gasteiger partial charge in [0.05, 0.1) is 4.90 Å². The summed E-state index contributed by atoms with van der Waals surface area (Å²) < 4.78 is 46.6. The highest BCUT2D eigenvalue weighted by Gasteiger charge is 2.29. The first-order valence-corrected chi connectivity index (χ1v) is 12.0. The van der Waals surface area contributed by atoms with Crippen molar-refractivity contribution >= 4 is 27.3 Å². The molecule has 1 aromatic heterocycles. The summed E-state index contributed by atoms with van der Waals surface area (Å²) in [7, 11) is -3.88. The standard InChI is InChI=1S/C24H19FN4O4S/c25-18-8-6-16(7-9-18)23(30)26-19-10-12-21(13-11-19)34(31,32)29-20-3-1-2-17(14-20)24-27-22(28-33-24)15-4-5-15/h1-3,6-15,29H,4-5H2,(H,26,30). The molecule has 10 heteroatoms. The predicted octanol–water partition coefficient (Wildman–Crippen LogP) is 4.81. The predicted molar refractivity (Wildman–Crippen MR) is 123 cm³/mol. The van der Waals surface area contributed by atoms with Crippen LogP contribution in [0.3, 0.4) is 0 Å². The van der Waals surface area contributed by atoms with Crippen LogP contribution in [0.4, 0.5) is 15.8 Å². The molecule has 1 saturated carbocycles. The number of benzene rings is 3. The minimum absolute atomic E-state index is 0.0199. The molecule has 34 heavy (non-hydrogen) atoms. The zero-order valence-electron chi connectivity index (χ0n) is 17.7. The topological polar surface area (TPSA) is 114 Å². The summed E-state index contributed by atoms with van der Waals surface area (Å²) in [4.78, 5) is 16.7. The third-order valence-electron chi connectivity index (χ3n) is 5.27. The van der Waals surface area contributed by atoms with Crippen molar-refractivity contribution in [3.05, 3.63) is 90.0 Å². The smallest absolute Gasteiger partial charge is 0.261 e. The molecule has 0 aliphatic heterocycles. The molecule has 0 unspecified atom stereocenters. The number of nitrogens with one attached hydrogen (secondary N) is 2. The van der Waals surface area contributed by atoms with Gasteiger partial charge in [-0.1, -0.05) is 11.2 Å². The van der Waals surface area contributed by atoms with Crippen LogP contribution in [0.25, 0.3) is 11.5 Å². The quantitative estimate of drug-likeness (QED) is 0.394. The van der Waals surface area contributed by atoms with Gasteiger partial charge in [0.15, 0.2) is 5.82 Å². The molecule has 0 radical (unpaired) electrons. The summed E-state index contributed by atoms with van der Waals surface area (Å²) in [5.74, 6) is 0.486. The highest BCUT2D eigenvalue weighted by atomic mass is 32.2. The zero-order valence-corrected chi connectivity index (χ0v) is 18.5. The molecular weight excluding hydrogens is 459 g/mol. The van der Waals surface area contributed by atoms with Crippen LogP contribution in [0.5, 0.6) is 0 Å². The van der Waals surface area contributed by atoms with Crippen LogP contribution in [0.2, 0.25) is 0 Å². The van der Waals surface area contributed by atoms with Crippen molar-refractivity contribution in [3.63, 3.8) is 0 Å². The van der Waals surface area contributed by atoms with Gasteiger partial charge in [-0.2, -0.15) is 4.98 Å². The largest absolute Gasteiger partial charge is 0.334 e. The minimum Gasteiger partial charge on any atom is -0.334 e. The van der Waals surface area contributed by atoms with Crippen molar-refractivity contribution in [1.29, 1.82) is 0 Å². The van der Waals surface area contributed by atoms with E-state index in [1.54, 1.807) is 24.3 Å². The summed E-state index contributed by atoms with van der Waals surface area (Å²) in [6, 6.07) is 17.5. The Morgan fingerprint density at radius 2 is 1.71 bits per heavy atom. The lowest BCUT2D eigenvalue weighted by molar-refractivity contribution is 0.102. The summed E-state index contributed by atoms with van der Waals surface area (Å²) in [5, 5.41) is 6.63. The van der Waals surface area contributed by atoms with Crippen molar-refractivity contribution in [3.8, 4) is 11.5 Å². The lowest BCUT2D eigenvalue weighted by Crippen LogP contribution is -2.14. The number of hydrogen-bond acceptors (Lipinski definition) is 6. The Bertz CT molecular complexity index is 1450. The van der Waals surface area contributed by atoms with E-state index in [4.69, 9.17) is 4.52 Å². The SMILES string of the molecule is O=C(Nc1ccc(S(=O)(=O)Nc2cccc(-c3nc(C4CC4)no3)c2)cc1)c1ccc(F)cc1. The van der Waals surface area contributed by atoms with Gasteiger partial charge in [-0.15, -0.1) is 0 Å². The molecule has 1 heterocycles. The molecule has 8 nitrogen and oxygen atoms in total. The van der Waals surface area contributed by atoms with Gasteiger partial charge in [0.25, 0.3) is 21.8 Å². The number of halogens is 1. The Morgan fingerprint density at radius 3 is 2.41 bits per heavy atom. The van der Waals surface area contributed by atoms with E-state index in [2.05, 4.69) is 20.2 Å². The van der Waals surface area contributed by atoms with Gasteiger partial charge in [-0.25, -0.2) is 12.8 Å². The highest BCUT2D eigenvalue weighted by molar-refractivity contribution is 7.92. The molecule has 0 atom stereocenters. The summed E-state index contributed by atoms with van der Waals surface area (Å²) >= 11 is 0. The van der Waals surface area contributed by atoms with Crippen molar-refractivity contribution in [1.82, 2.24) is 10.1 Å². The second-order valence-corrected chi connectivity index (χ2v) is 9.59. The Balaban J connectivity index is 1.28. The summed E-state index contributed by atoms with van der Waals surface area (Å²) in [5.41, 5.74) is 1.64. The van der Waals surface area contributed by atoms with Crippen LogP contribution in [-0.4, -0.2) is 24.5 Å². The molecule has 1 aliphatic carbocycles. The summed E-state index contributed by atoms with van der Waals surface area (Å²) in [6.07, 6.45) is 2.10. The molecule has 1 amide bonds. The van der Waals surface area contributed by atoms with Gasteiger partial charge in [0, 0.05) is 28.4 Å². The van der Waals surface area contributed by atoms with Crippen molar-refractivity contribution in [2.45, 2.75) is 23.7 Å². The number of hydrogen-bond donors (Lipinski definition) is 2. The van der Waals surface area contributed by atoms with Crippen molar-refractivity contribution in [2.75, 3.05) is 10.0 Å². The number of aromatic nitrogens is 2. The molecule has 5 rings (SSSR count). The van der Waals surface area contributed by atoms with E-state index < -0.39 is 21.7 Å². The van der Waals surface area contributed by atoms with E-state index >= 15 is 0 Å². The normalized spacial score (nSPS) is 13.4. The van der Waals surface area contributed by atoms with Crippen LogP contribution in [-0.2, 0) is 10.0 Å². The first kappa shape index (κ1) is 21.8. The molecule has 0 saturated heterocycles. The number of rotatable bonds is 7. The minimum atomic E-state index is -3.88. The van der Waals surface area contributed by atoms with E-state index in [1.807, 2.05) is 0 Å². The first-order valence-electron chi connectivity index (χ1n) is 10.5. The number of sulfonamides is 1. The Labute approximate surface area is 194 Å². The van der Waals surface area contributed by atoms with E-state index in [0.717, 1.165) is 12.8 Å². The molecule has 4 aromatic rings. The van der Waals surface area contributed by atoms with Crippen LogP contribution in [0.15, 0.2) is 82.2 Å². The van der Waals surface area contributed by atoms with Gasteiger partial charge in [0.1, 0.15) is 5.82 Å². The zero-order chi connectivity index (χ0) is 23.7. The van der Waals surface area contributed by atoms with Crippen molar-refractivity contribution < 1.29 is 22.1 Å². The Kier molecular flexibility index (Phi) is 5.58. The molecule has 172 valence electrons. The van der Waals surface area contributed by atoms with E-state index in [9.17, 15) is 17.6 Å². The van der Waals surface area contributed by atoms with Crippen LogP contribution < -0.4 is 10.0 Å². The highest BCUT2D eigenvalue weighted by Crippen LogP contribution is 2.39. The second-order valence-electron chi connectivity index (χ2n) is 7.90. The molecular formula is C24H19FN4O4S. The fraction of sp³-hybridized carbons (Fsp3) is 0.125. The average molecular weight is 479 g/mol. The molecule has 1 aliphatic rings. The van der Waals surface area contributed by atoms with E-state index in [1.165, 1.54) is 48.5 Å². The summed E-state index contributed by atoms with van der Waals surface area (Å²) in [6.45, 7) is 0. The fourth-order valence-electron chi connectivity index (χ4n) is 3.31. The van der Waals surface area contributed by atoms with E-state index in [-0.39, 0.29) is 10.5 Å². The lowest BCUT2D eigenvalue weighted by Gasteiger charge is -2.10. The number of nitrogens with zero attached hydrogens (tertiary/aromatic N) is 2. The maximum Gasteiger partial charge on any atom is 0.261 e. The number of carbonyl (C=O) groups excluding carboxylic acids is 1. The molecule has 3 aromatic carbocycles. The molecule has 1 fully saturated rings. The lowest BCUT2D eigenvalue weighted by atomic mass is 10.2. The van der Waals surface area contributed by atoms with Gasteiger partial charge >= 0.3 is 0 Å². The second kappa shape index (κ2) is 8.71.